The van der Waals surface area contributed by atoms with Crippen LogP contribution < -0.4 is 5.32 Å². The molecular formula is C13H17BrN2O. The summed E-state index contributed by atoms with van der Waals surface area (Å²) in [5.41, 5.74) is 2.16. The maximum atomic E-state index is 11.8. The molecule has 17 heavy (non-hydrogen) atoms. The van der Waals surface area contributed by atoms with Crippen LogP contribution in [-0.4, -0.2) is 30.4 Å². The van der Waals surface area contributed by atoms with Crippen LogP contribution in [0, 0.1) is 6.92 Å². The quantitative estimate of drug-likeness (QED) is 0.927. The molecule has 0 saturated heterocycles. The number of nitrogens with zero attached hydrogens (tertiary/aromatic N) is 1. The van der Waals surface area contributed by atoms with Crippen LogP contribution in [0.25, 0.3) is 0 Å². The van der Waals surface area contributed by atoms with E-state index in [1.165, 1.54) is 0 Å². The van der Waals surface area contributed by atoms with Crippen molar-refractivity contribution in [1.82, 2.24) is 4.90 Å². The molecule has 1 N–H and O–H groups in total. The molecule has 1 amide bonds. The van der Waals surface area contributed by atoms with E-state index in [0.717, 1.165) is 28.6 Å². The van der Waals surface area contributed by atoms with Crippen LogP contribution in [0.2, 0.25) is 0 Å². The first-order valence-corrected chi connectivity index (χ1v) is 6.63. The molecule has 1 saturated carbocycles. The minimum absolute atomic E-state index is 0.162. The molecule has 92 valence electrons. The molecule has 2 rings (SSSR count). The van der Waals surface area contributed by atoms with Crippen molar-refractivity contribution in [1.29, 1.82) is 0 Å². The summed E-state index contributed by atoms with van der Waals surface area (Å²) < 4.78 is 1.06. The van der Waals surface area contributed by atoms with Gasteiger partial charge in [-0.05, 0) is 43.5 Å². The highest BCUT2D eigenvalue weighted by Gasteiger charge is 2.29. The smallest absolute Gasteiger partial charge is 0.241 e. The number of benzene rings is 1. The normalized spacial score (nSPS) is 14.5. The number of nitrogens with one attached hydrogen (secondary N) is 1. The van der Waals surface area contributed by atoms with Crippen molar-refractivity contribution in [3.05, 3.63) is 28.2 Å². The Morgan fingerprint density at radius 3 is 2.82 bits per heavy atom. The molecule has 0 unspecified atom stereocenters. The zero-order valence-corrected chi connectivity index (χ0v) is 11.8. The molecule has 0 atom stereocenters. The van der Waals surface area contributed by atoms with Gasteiger partial charge in [0.25, 0.3) is 0 Å². The lowest BCUT2D eigenvalue weighted by Crippen LogP contribution is -2.33. The summed E-state index contributed by atoms with van der Waals surface area (Å²) >= 11 is 3.42. The van der Waals surface area contributed by atoms with Gasteiger partial charge in [0, 0.05) is 23.2 Å². The van der Waals surface area contributed by atoms with Crippen molar-refractivity contribution in [2.45, 2.75) is 25.8 Å². The molecule has 4 heteroatoms. The Morgan fingerprint density at radius 1 is 1.53 bits per heavy atom. The van der Waals surface area contributed by atoms with E-state index < -0.39 is 0 Å². The number of hydrogen-bond donors (Lipinski definition) is 1. The number of hydrogen-bond acceptors (Lipinski definition) is 2. The molecule has 0 spiro atoms. The van der Waals surface area contributed by atoms with Crippen LogP contribution in [0.5, 0.6) is 0 Å². The maximum Gasteiger partial charge on any atom is 0.241 e. The van der Waals surface area contributed by atoms with E-state index in [4.69, 9.17) is 0 Å². The van der Waals surface area contributed by atoms with Crippen molar-refractivity contribution >= 4 is 27.5 Å². The third kappa shape index (κ3) is 3.22. The van der Waals surface area contributed by atoms with Gasteiger partial charge < -0.3 is 10.2 Å². The number of aryl methyl sites for hydroxylation is 1. The van der Waals surface area contributed by atoms with E-state index in [0.29, 0.717) is 12.6 Å². The Bertz CT molecular complexity index is 429. The monoisotopic (exact) mass is 296 g/mol. The molecule has 0 radical (unpaired) electrons. The van der Waals surface area contributed by atoms with Crippen molar-refractivity contribution in [3.63, 3.8) is 0 Å². The largest absolute Gasteiger partial charge is 0.376 e. The first-order valence-electron chi connectivity index (χ1n) is 5.83. The predicted molar refractivity (Wildman–Crippen MR) is 73.2 cm³/mol. The van der Waals surface area contributed by atoms with Crippen LogP contribution >= 0.6 is 15.9 Å². The van der Waals surface area contributed by atoms with E-state index in [9.17, 15) is 4.79 Å². The fraction of sp³-hybridized carbons (Fsp3) is 0.462. The molecule has 0 heterocycles. The summed E-state index contributed by atoms with van der Waals surface area (Å²) in [5, 5.41) is 3.19. The molecular weight excluding hydrogens is 280 g/mol. The number of anilines is 1. The molecule has 0 aliphatic heterocycles. The first-order chi connectivity index (χ1) is 8.08. The van der Waals surface area contributed by atoms with Gasteiger partial charge in [-0.1, -0.05) is 15.9 Å². The van der Waals surface area contributed by atoms with Crippen LogP contribution in [0.4, 0.5) is 5.69 Å². The molecule has 1 aliphatic rings. The second-order valence-corrected chi connectivity index (χ2v) is 5.46. The van der Waals surface area contributed by atoms with E-state index in [1.54, 1.807) is 0 Å². The number of carbonyl (C=O) groups excluding carboxylic acids is 1. The average molecular weight is 297 g/mol. The zero-order chi connectivity index (χ0) is 12.4. The zero-order valence-electron chi connectivity index (χ0n) is 10.2. The summed E-state index contributed by atoms with van der Waals surface area (Å²) in [6.07, 6.45) is 2.30. The van der Waals surface area contributed by atoms with Crippen molar-refractivity contribution < 1.29 is 4.79 Å². The minimum Gasteiger partial charge on any atom is -0.376 e. The second kappa shape index (κ2) is 5.08. The molecule has 1 fully saturated rings. The summed E-state index contributed by atoms with van der Waals surface area (Å²) in [4.78, 5) is 13.7. The molecule has 1 aromatic carbocycles. The van der Waals surface area contributed by atoms with Gasteiger partial charge >= 0.3 is 0 Å². The Labute approximate surface area is 110 Å². The lowest BCUT2D eigenvalue weighted by Gasteiger charge is -2.17. The fourth-order valence-electron chi connectivity index (χ4n) is 1.79. The minimum atomic E-state index is 0.162. The standard InChI is InChI=1S/C13H17BrN2O/c1-9-7-10(14)3-6-12(9)15-8-13(17)16(2)11-4-5-11/h3,6-7,11,15H,4-5,8H2,1-2H3. The third-order valence-corrected chi connectivity index (χ3v) is 3.60. The number of rotatable bonds is 4. The lowest BCUT2D eigenvalue weighted by atomic mass is 10.2. The fourth-order valence-corrected chi connectivity index (χ4v) is 2.26. The van der Waals surface area contributed by atoms with E-state index in [2.05, 4.69) is 21.2 Å². The molecule has 0 aromatic heterocycles. The molecule has 1 aliphatic carbocycles. The SMILES string of the molecule is Cc1cc(Br)ccc1NCC(=O)N(C)C1CC1. The summed E-state index contributed by atoms with van der Waals surface area (Å²) in [5.74, 6) is 0.162. The Kier molecular flexibility index (Phi) is 3.72. The van der Waals surface area contributed by atoms with Gasteiger partial charge in [-0.25, -0.2) is 0 Å². The van der Waals surface area contributed by atoms with E-state index in [1.807, 2.05) is 37.1 Å². The Hall–Kier alpha value is -1.03. The number of carbonyl (C=O) groups is 1. The topological polar surface area (TPSA) is 32.3 Å². The van der Waals surface area contributed by atoms with Gasteiger partial charge in [0.1, 0.15) is 0 Å². The predicted octanol–water partition coefficient (Wildman–Crippen LogP) is 2.79. The van der Waals surface area contributed by atoms with Crippen LogP contribution in [0.1, 0.15) is 18.4 Å². The summed E-state index contributed by atoms with van der Waals surface area (Å²) in [7, 11) is 1.89. The van der Waals surface area contributed by atoms with E-state index in [-0.39, 0.29) is 5.91 Å². The van der Waals surface area contributed by atoms with E-state index >= 15 is 0 Å². The third-order valence-electron chi connectivity index (χ3n) is 3.11. The first kappa shape index (κ1) is 12.4. The highest BCUT2D eigenvalue weighted by Crippen LogP contribution is 2.25. The second-order valence-electron chi connectivity index (χ2n) is 4.55. The van der Waals surface area contributed by atoms with Crippen LogP contribution in [-0.2, 0) is 4.79 Å². The van der Waals surface area contributed by atoms with Gasteiger partial charge in [0.05, 0.1) is 6.54 Å². The van der Waals surface area contributed by atoms with Gasteiger partial charge in [0.15, 0.2) is 0 Å². The van der Waals surface area contributed by atoms with Crippen LogP contribution in [0.3, 0.4) is 0 Å². The number of halogens is 1. The molecule has 1 aromatic rings. The van der Waals surface area contributed by atoms with Gasteiger partial charge in [-0.15, -0.1) is 0 Å². The number of amides is 1. The maximum absolute atomic E-state index is 11.8. The highest BCUT2D eigenvalue weighted by molar-refractivity contribution is 9.10. The summed E-state index contributed by atoms with van der Waals surface area (Å²) in [6, 6.07) is 6.49. The molecule has 3 nitrogen and oxygen atoms in total. The van der Waals surface area contributed by atoms with Gasteiger partial charge in [0.2, 0.25) is 5.91 Å². The van der Waals surface area contributed by atoms with Crippen LogP contribution in [0.15, 0.2) is 22.7 Å². The van der Waals surface area contributed by atoms with Gasteiger partial charge in [-0.3, -0.25) is 4.79 Å². The number of likely N-dealkylation sites (N-methyl/N-ethyl adjacent to an activating group) is 1. The van der Waals surface area contributed by atoms with Crippen molar-refractivity contribution in [2.75, 3.05) is 18.9 Å². The van der Waals surface area contributed by atoms with Crippen molar-refractivity contribution in [3.8, 4) is 0 Å². The average Bonchev–Trinajstić information content (AvgIpc) is 3.10. The van der Waals surface area contributed by atoms with Gasteiger partial charge in [-0.2, -0.15) is 0 Å². The summed E-state index contributed by atoms with van der Waals surface area (Å²) in [6.45, 7) is 2.40. The lowest BCUT2D eigenvalue weighted by molar-refractivity contribution is -0.128. The Morgan fingerprint density at radius 2 is 2.24 bits per heavy atom. The molecule has 0 bridgehead atoms. The van der Waals surface area contributed by atoms with Crippen molar-refractivity contribution in [2.24, 2.45) is 0 Å². The highest BCUT2D eigenvalue weighted by atomic mass is 79.9. The Balaban J connectivity index is 1.90.